The maximum absolute atomic E-state index is 14.1. The Labute approximate surface area is 217 Å². The highest BCUT2D eigenvalue weighted by Gasteiger charge is 2.73. The van der Waals surface area contributed by atoms with Gasteiger partial charge in [-0.05, 0) is 56.9 Å². The number of aromatic nitrogens is 5. The van der Waals surface area contributed by atoms with E-state index in [4.69, 9.17) is 4.74 Å². The van der Waals surface area contributed by atoms with E-state index in [0.717, 1.165) is 5.56 Å². The van der Waals surface area contributed by atoms with E-state index in [0.29, 0.717) is 30.5 Å². The molecule has 3 aromatic heterocycles. The summed E-state index contributed by atoms with van der Waals surface area (Å²) < 4.78 is 43.8. The van der Waals surface area contributed by atoms with Gasteiger partial charge < -0.3 is 10.1 Å². The van der Waals surface area contributed by atoms with Crippen LogP contribution in [0.25, 0.3) is 11.4 Å². The Bertz CT molecular complexity index is 1530. The molecule has 3 saturated carbocycles. The quantitative estimate of drug-likeness (QED) is 0.427. The molecule has 0 unspecified atom stereocenters. The van der Waals surface area contributed by atoms with Crippen LogP contribution in [0.15, 0.2) is 30.6 Å². The molecule has 3 heterocycles. The Kier molecular flexibility index (Phi) is 5.97. The first-order valence-electron chi connectivity index (χ1n) is 11.8. The monoisotopic (exact) mass is 543 g/mol. The van der Waals surface area contributed by atoms with Crippen molar-refractivity contribution in [2.75, 3.05) is 11.6 Å². The van der Waals surface area contributed by atoms with Crippen molar-refractivity contribution in [3.8, 4) is 11.4 Å². The zero-order chi connectivity index (χ0) is 27.5. The lowest BCUT2D eigenvalue weighted by Gasteiger charge is -2.68. The molecule has 0 radical (unpaired) electrons. The number of sulfone groups is 1. The SMILES string of the molecule is Cc1cnc(F)c([C@@H](C)OC(=O)Nc2c(-c3ccc(C(=O)NC45CC(S(C)(=O)=O)(C4)C5)cn3)nnn2C)c1. The molecule has 0 aliphatic heterocycles. The summed E-state index contributed by atoms with van der Waals surface area (Å²) in [5.74, 6) is -0.885. The Morgan fingerprint density at radius 3 is 2.53 bits per heavy atom. The lowest BCUT2D eigenvalue weighted by Crippen LogP contribution is -2.80. The van der Waals surface area contributed by atoms with Crippen molar-refractivity contribution in [2.24, 2.45) is 7.05 Å². The molecule has 3 aliphatic rings. The number of anilines is 1. The summed E-state index contributed by atoms with van der Waals surface area (Å²) in [6.45, 7) is 3.28. The molecular formula is C24H26FN7O5S. The minimum Gasteiger partial charge on any atom is -0.441 e. The van der Waals surface area contributed by atoms with E-state index in [1.54, 1.807) is 32.2 Å². The number of ether oxygens (including phenoxy) is 1. The second-order valence-electron chi connectivity index (χ2n) is 10.1. The number of amides is 2. The summed E-state index contributed by atoms with van der Waals surface area (Å²) in [5.41, 5.74) is 1.27. The van der Waals surface area contributed by atoms with Gasteiger partial charge in [0, 0.05) is 36.8 Å². The highest BCUT2D eigenvalue weighted by atomic mass is 32.2. The Morgan fingerprint density at radius 1 is 1.18 bits per heavy atom. The largest absolute Gasteiger partial charge is 0.441 e. The van der Waals surface area contributed by atoms with Gasteiger partial charge in [0.1, 0.15) is 6.10 Å². The van der Waals surface area contributed by atoms with Gasteiger partial charge >= 0.3 is 6.09 Å². The maximum atomic E-state index is 14.1. The smallest absolute Gasteiger partial charge is 0.413 e. The van der Waals surface area contributed by atoms with Gasteiger partial charge in [-0.1, -0.05) is 5.21 Å². The normalized spacial score (nSPS) is 22.6. The van der Waals surface area contributed by atoms with Gasteiger partial charge in [-0.2, -0.15) is 4.39 Å². The van der Waals surface area contributed by atoms with Crippen molar-refractivity contribution in [3.63, 3.8) is 0 Å². The second kappa shape index (κ2) is 8.82. The van der Waals surface area contributed by atoms with Crippen LogP contribution in [0.2, 0.25) is 0 Å². The number of hydrogen-bond donors (Lipinski definition) is 2. The molecule has 0 aromatic carbocycles. The molecule has 0 saturated heterocycles. The van der Waals surface area contributed by atoms with Crippen LogP contribution >= 0.6 is 0 Å². The van der Waals surface area contributed by atoms with Crippen LogP contribution in [0.3, 0.4) is 0 Å². The molecule has 200 valence electrons. The van der Waals surface area contributed by atoms with Crippen molar-refractivity contribution in [1.29, 1.82) is 0 Å². The number of halogens is 1. The molecule has 2 N–H and O–H groups in total. The van der Waals surface area contributed by atoms with Crippen LogP contribution in [0.1, 0.15) is 53.8 Å². The minimum absolute atomic E-state index is 0.143. The molecule has 38 heavy (non-hydrogen) atoms. The van der Waals surface area contributed by atoms with Crippen molar-refractivity contribution in [1.82, 2.24) is 30.3 Å². The molecule has 14 heteroatoms. The zero-order valence-electron chi connectivity index (χ0n) is 21.1. The average Bonchev–Trinajstić information content (AvgIpc) is 3.15. The molecule has 3 fully saturated rings. The first kappa shape index (κ1) is 25.7. The van der Waals surface area contributed by atoms with Crippen LogP contribution < -0.4 is 10.6 Å². The molecule has 12 nitrogen and oxygen atoms in total. The number of carbonyl (C=O) groups excluding carboxylic acids is 2. The fraction of sp³-hybridized carbons (Fsp3) is 0.417. The number of pyridine rings is 2. The third-order valence-corrected chi connectivity index (χ3v) is 9.19. The van der Waals surface area contributed by atoms with Crippen molar-refractivity contribution in [3.05, 3.63) is 53.2 Å². The van der Waals surface area contributed by atoms with Crippen molar-refractivity contribution in [2.45, 2.75) is 49.5 Å². The van der Waals surface area contributed by atoms with E-state index < -0.39 is 38.3 Å². The Balaban J connectivity index is 1.24. The molecule has 0 spiro atoms. The predicted molar refractivity (Wildman–Crippen MR) is 133 cm³/mol. The zero-order valence-corrected chi connectivity index (χ0v) is 22.0. The van der Waals surface area contributed by atoms with Crippen molar-refractivity contribution >= 4 is 27.7 Å². The second-order valence-corrected chi connectivity index (χ2v) is 12.5. The summed E-state index contributed by atoms with van der Waals surface area (Å²) in [4.78, 5) is 33.2. The van der Waals surface area contributed by atoms with Crippen molar-refractivity contribution < 1.29 is 27.1 Å². The number of hydrogen-bond acceptors (Lipinski definition) is 9. The van der Waals surface area contributed by atoms with Gasteiger partial charge in [0.05, 0.1) is 16.0 Å². The third kappa shape index (κ3) is 4.38. The van der Waals surface area contributed by atoms with Gasteiger partial charge in [0.2, 0.25) is 5.95 Å². The summed E-state index contributed by atoms with van der Waals surface area (Å²) in [6.07, 6.45) is 3.49. The summed E-state index contributed by atoms with van der Waals surface area (Å²) in [5, 5.41) is 13.5. The Hall–Kier alpha value is -3.94. The van der Waals surface area contributed by atoms with Gasteiger partial charge in [-0.3, -0.25) is 15.1 Å². The molecule has 3 aromatic rings. The highest BCUT2D eigenvalue weighted by molar-refractivity contribution is 7.92. The van der Waals surface area contributed by atoms with Crippen LogP contribution in [-0.4, -0.2) is 61.9 Å². The number of nitrogens with one attached hydrogen (secondary N) is 2. The van der Waals surface area contributed by atoms with Crippen LogP contribution in [0.5, 0.6) is 0 Å². The summed E-state index contributed by atoms with van der Waals surface area (Å²) in [6, 6.07) is 4.67. The van der Waals surface area contributed by atoms with Crippen LogP contribution in [0.4, 0.5) is 15.0 Å². The van der Waals surface area contributed by atoms with Gasteiger partial charge in [0.25, 0.3) is 5.91 Å². The molecule has 2 amide bonds. The number of carbonyl (C=O) groups is 2. The van der Waals surface area contributed by atoms with Gasteiger partial charge in [-0.15, -0.1) is 5.10 Å². The van der Waals surface area contributed by atoms with E-state index in [2.05, 4.69) is 30.9 Å². The summed E-state index contributed by atoms with van der Waals surface area (Å²) >= 11 is 0. The first-order chi connectivity index (χ1) is 17.8. The average molecular weight is 544 g/mol. The minimum atomic E-state index is -3.15. The van der Waals surface area contributed by atoms with E-state index in [1.807, 2.05) is 0 Å². The molecule has 1 atom stereocenters. The van der Waals surface area contributed by atoms with E-state index in [-0.39, 0.29) is 23.0 Å². The number of nitrogens with zero attached hydrogens (tertiary/aromatic N) is 5. The lowest BCUT2D eigenvalue weighted by molar-refractivity contribution is -0.0201. The maximum Gasteiger partial charge on any atom is 0.413 e. The Morgan fingerprint density at radius 2 is 1.89 bits per heavy atom. The fourth-order valence-electron chi connectivity index (χ4n) is 5.08. The fourth-order valence-corrected chi connectivity index (χ4v) is 6.70. The number of aryl methyl sites for hydroxylation is 2. The number of rotatable bonds is 7. The van der Waals surface area contributed by atoms with Crippen LogP contribution in [-0.2, 0) is 21.6 Å². The van der Waals surface area contributed by atoms with Gasteiger partial charge in [0.15, 0.2) is 21.3 Å². The van der Waals surface area contributed by atoms with Crippen LogP contribution in [0, 0.1) is 12.9 Å². The highest BCUT2D eigenvalue weighted by Crippen LogP contribution is 2.64. The molecular weight excluding hydrogens is 517 g/mol. The molecule has 3 aliphatic carbocycles. The molecule has 2 bridgehead atoms. The molecule has 6 rings (SSSR count). The summed E-state index contributed by atoms with van der Waals surface area (Å²) in [7, 11) is -1.58. The predicted octanol–water partition coefficient (Wildman–Crippen LogP) is 2.48. The van der Waals surface area contributed by atoms with E-state index in [9.17, 15) is 22.4 Å². The van der Waals surface area contributed by atoms with Gasteiger partial charge in [-0.25, -0.2) is 22.9 Å². The standard InChI is InChI=1S/C24H26FN7O5S/c1-13-7-16(19(25)27-8-13)14(2)37-22(34)28-20-18(30-31-32(20)3)17-6-5-15(9-26-17)21(33)29-23-10-24(11-23,12-23)38(4,35)36/h5-9,14H,10-12H2,1-4H3,(H,28,34)(H,29,33)/t14-,23?,24?/m1/s1. The van der Waals surface area contributed by atoms with E-state index >= 15 is 0 Å². The van der Waals surface area contributed by atoms with E-state index in [1.165, 1.54) is 30.3 Å². The topological polar surface area (TPSA) is 158 Å². The first-order valence-corrected chi connectivity index (χ1v) is 13.7. The lowest BCUT2D eigenvalue weighted by atomic mass is 9.49. The third-order valence-electron chi connectivity index (χ3n) is 7.19.